The minimum absolute atomic E-state index is 0.148. The van der Waals surface area contributed by atoms with E-state index in [1.54, 1.807) is 0 Å². The lowest BCUT2D eigenvalue weighted by molar-refractivity contribution is -0.121. The Morgan fingerprint density at radius 3 is 2.60 bits per heavy atom. The predicted octanol–water partition coefficient (Wildman–Crippen LogP) is 3.33. The summed E-state index contributed by atoms with van der Waals surface area (Å²) in [5.41, 5.74) is 1.30. The van der Waals surface area contributed by atoms with Crippen LogP contribution in [0.3, 0.4) is 0 Å². The summed E-state index contributed by atoms with van der Waals surface area (Å²) in [5, 5.41) is 2.94. The van der Waals surface area contributed by atoms with Crippen molar-refractivity contribution < 1.29 is 9.53 Å². The first-order valence-electron chi connectivity index (χ1n) is 7.71. The molecule has 1 amide bonds. The second-order valence-corrected chi connectivity index (χ2v) is 5.01. The Kier molecular flexibility index (Phi) is 9.58. The molecule has 0 aliphatic heterocycles. The number of benzene rings is 1. The van der Waals surface area contributed by atoms with Gasteiger partial charge < -0.3 is 10.1 Å². The Morgan fingerprint density at radius 1 is 1.10 bits per heavy atom. The number of amides is 1. The van der Waals surface area contributed by atoms with E-state index < -0.39 is 0 Å². The number of ether oxygens (including phenoxy) is 1. The summed E-state index contributed by atoms with van der Waals surface area (Å²) >= 11 is 0. The second-order valence-electron chi connectivity index (χ2n) is 5.01. The van der Waals surface area contributed by atoms with Gasteiger partial charge in [-0.1, -0.05) is 43.7 Å². The molecule has 112 valence electrons. The molecule has 0 fully saturated rings. The van der Waals surface area contributed by atoms with Gasteiger partial charge in [0.1, 0.15) is 0 Å². The third kappa shape index (κ3) is 8.70. The van der Waals surface area contributed by atoms with Gasteiger partial charge in [0.05, 0.1) is 0 Å². The number of hydrogen-bond donors (Lipinski definition) is 1. The Bertz CT molecular complexity index is 351. The molecular formula is C17H27NO2. The third-order valence-electron chi connectivity index (χ3n) is 3.14. The maximum Gasteiger partial charge on any atom is 0.220 e. The van der Waals surface area contributed by atoms with Crippen molar-refractivity contribution in [3.63, 3.8) is 0 Å². The number of carbonyl (C=O) groups is 1. The molecule has 20 heavy (non-hydrogen) atoms. The fourth-order valence-electron chi connectivity index (χ4n) is 1.94. The zero-order chi connectivity index (χ0) is 14.5. The van der Waals surface area contributed by atoms with Crippen LogP contribution < -0.4 is 5.32 Å². The molecular weight excluding hydrogens is 250 g/mol. The largest absolute Gasteiger partial charge is 0.381 e. The van der Waals surface area contributed by atoms with Crippen molar-refractivity contribution in [2.24, 2.45) is 0 Å². The Hall–Kier alpha value is -1.35. The molecule has 1 rings (SSSR count). The number of hydrogen-bond acceptors (Lipinski definition) is 2. The number of unbranched alkanes of at least 4 members (excludes halogenated alkanes) is 1. The predicted molar refractivity (Wildman–Crippen MR) is 82.7 cm³/mol. The number of aryl methyl sites for hydroxylation is 1. The summed E-state index contributed by atoms with van der Waals surface area (Å²) in [7, 11) is 0. The summed E-state index contributed by atoms with van der Waals surface area (Å²) in [6.07, 6.45) is 5.65. The maximum atomic E-state index is 11.6. The van der Waals surface area contributed by atoms with Gasteiger partial charge >= 0.3 is 0 Å². The fraction of sp³-hybridized carbons (Fsp3) is 0.588. The zero-order valence-corrected chi connectivity index (χ0v) is 12.6. The first kappa shape index (κ1) is 16.7. The van der Waals surface area contributed by atoms with E-state index in [1.807, 2.05) is 18.2 Å². The highest BCUT2D eigenvalue weighted by molar-refractivity contribution is 5.75. The first-order chi connectivity index (χ1) is 9.83. The van der Waals surface area contributed by atoms with Crippen LogP contribution in [0.4, 0.5) is 0 Å². The van der Waals surface area contributed by atoms with Crippen LogP contribution in [0.25, 0.3) is 0 Å². The Labute approximate surface area is 122 Å². The van der Waals surface area contributed by atoms with E-state index in [9.17, 15) is 4.79 Å². The lowest BCUT2D eigenvalue weighted by Crippen LogP contribution is -2.25. The fourth-order valence-corrected chi connectivity index (χ4v) is 1.94. The average Bonchev–Trinajstić information content (AvgIpc) is 2.47. The molecule has 0 bridgehead atoms. The van der Waals surface area contributed by atoms with E-state index in [-0.39, 0.29) is 5.91 Å². The van der Waals surface area contributed by atoms with Crippen LogP contribution in [-0.2, 0) is 16.0 Å². The molecule has 0 unspecified atom stereocenters. The summed E-state index contributed by atoms with van der Waals surface area (Å²) in [6.45, 7) is 4.45. The summed E-state index contributed by atoms with van der Waals surface area (Å²) in [6, 6.07) is 10.3. The highest BCUT2D eigenvalue weighted by Gasteiger charge is 2.01. The van der Waals surface area contributed by atoms with Crippen molar-refractivity contribution in [2.75, 3.05) is 19.8 Å². The molecule has 0 saturated heterocycles. The number of rotatable bonds is 11. The van der Waals surface area contributed by atoms with E-state index in [1.165, 1.54) is 5.56 Å². The smallest absolute Gasteiger partial charge is 0.220 e. The first-order valence-corrected chi connectivity index (χ1v) is 7.71. The maximum absolute atomic E-state index is 11.6. The normalized spacial score (nSPS) is 10.4. The lowest BCUT2D eigenvalue weighted by atomic mass is 10.1. The van der Waals surface area contributed by atoms with E-state index in [4.69, 9.17) is 4.74 Å². The Morgan fingerprint density at radius 2 is 1.85 bits per heavy atom. The van der Waals surface area contributed by atoms with Gasteiger partial charge in [-0.15, -0.1) is 0 Å². The lowest BCUT2D eigenvalue weighted by Gasteiger charge is -2.06. The number of carbonyl (C=O) groups excluding carboxylic acids is 1. The van der Waals surface area contributed by atoms with Crippen LogP contribution in [0, 0.1) is 0 Å². The number of nitrogens with one attached hydrogen (secondary N) is 1. The van der Waals surface area contributed by atoms with Crippen LogP contribution in [-0.4, -0.2) is 25.7 Å². The molecule has 3 nitrogen and oxygen atoms in total. The van der Waals surface area contributed by atoms with Gasteiger partial charge in [0.2, 0.25) is 5.91 Å². The SMILES string of the molecule is CCCCOCCCNC(=O)CCCc1ccccc1. The van der Waals surface area contributed by atoms with Crippen LogP contribution >= 0.6 is 0 Å². The summed E-state index contributed by atoms with van der Waals surface area (Å²) < 4.78 is 5.44. The van der Waals surface area contributed by atoms with Gasteiger partial charge in [0, 0.05) is 26.2 Å². The monoisotopic (exact) mass is 277 g/mol. The van der Waals surface area contributed by atoms with Gasteiger partial charge in [-0.05, 0) is 31.2 Å². The van der Waals surface area contributed by atoms with Crippen molar-refractivity contribution in [3.8, 4) is 0 Å². The van der Waals surface area contributed by atoms with Crippen LogP contribution in [0.5, 0.6) is 0 Å². The van der Waals surface area contributed by atoms with Crippen molar-refractivity contribution in [3.05, 3.63) is 35.9 Å². The van der Waals surface area contributed by atoms with Crippen molar-refractivity contribution >= 4 is 5.91 Å². The average molecular weight is 277 g/mol. The van der Waals surface area contributed by atoms with Gasteiger partial charge in [-0.3, -0.25) is 4.79 Å². The topological polar surface area (TPSA) is 38.3 Å². The molecule has 0 heterocycles. The summed E-state index contributed by atoms with van der Waals surface area (Å²) in [4.78, 5) is 11.6. The van der Waals surface area contributed by atoms with Crippen molar-refractivity contribution in [1.82, 2.24) is 5.32 Å². The molecule has 1 N–H and O–H groups in total. The second kappa shape index (κ2) is 11.5. The van der Waals surface area contributed by atoms with Gasteiger partial charge in [-0.2, -0.15) is 0 Å². The van der Waals surface area contributed by atoms with Crippen molar-refractivity contribution in [2.45, 2.75) is 45.4 Å². The summed E-state index contributed by atoms with van der Waals surface area (Å²) in [5.74, 6) is 0.148. The molecule has 0 atom stereocenters. The molecule has 1 aromatic carbocycles. The highest BCUT2D eigenvalue weighted by Crippen LogP contribution is 2.04. The molecule has 3 heteroatoms. The molecule has 0 aliphatic carbocycles. The Balaban J connectivity index is 1.93. The molecule has 0 radical (unpaired) electrons. The van der Waals surface area contributed by atoms with Crippen LogP contribution in [0.1, 0.15) is 44.6 Å². The molecule has 1 aromatic rings. The van der Waals surface area contributed by atoms with Gasteiger partial charge in [0.25, 0.3) is 0 Å². The van der Waals surface area contributed by atoms with Gasteiger partial charge in [-0.25, -0.2) is 0 Å². The molecule has 0 saturated carbocycles. The molecule has 0 aromatic heterocycles. The molecule has 0 aliphatic rings. The van der Waals surface area contributed by atoms with Crippen molar-refractivity contribution in [1.29, 1.82) is 0 Å². The van der Waals surface area contributed by atoms with E-state index >= 15 is 0 Å². The van der Waals surface area contributed by atoms with E-state index in [0.29, 0.717) is 6.42 Å². The van der Waals surface area contributed by atoms with E-state index in [0.717, 1.165) is 51.9 Å². The minimum atomic E-state index is 0.148. The van der Waals surface area contributed by atoms with Crippen LogP contribution in [0.15, 0.2) is 30.3 Å². The van der Waals surface area contributed by atoms with E-state index in [2.05, 4.69) is 24.4 Å². The standard InChI is InChI=1S/C17H27NO2/c1-2-3-14-20-15-8-13-18-17(19)12-7-11-16-9-5-4-6-10-16/h4-6,9-10H,2-3,7-8,11-15H2,1H3,(H,18,19). The molecule has 0 spiro atoms. The van der Waals surface area contributed by atoms with Gasteiger partial charge in [0.15, 0.2) is 0 Å². The zero-order valence-electron chi connectivity index (χ0n) is 12.6. The third-order valence-corrected chi connectivity index (χ3v) is 3.14. The quantitative estimate of drug-likeness (QED) is 0.630. The van der Waals surface area contributed by atoms with Crippen LogP contribution in [0.2, 0.25) is 0 Å². The highest BCUT2D eigenvalue weighted by atomic mass is 16.5. The minimum Gasteiger partial charge on any atom is -0.381 e.